The largest absolute Gasteiger partial charge is 0.424 e. The summed E-state index contributed by atoms with van der Waals surface area (Å²) >= 11 is 0. The topological polar surface area (TPSA) is 76.1 Å². The van der Waals surface area contributed by atoms with Crippen molar-refractivity contribution in [2.24, 2.45) is 5.92 Å². The van der Waals surface area contributed by atoms with Crippen LogP contribution in [0.2, 0.25) is 0 Å². The Bertz CT molecular complexity index is 654. The Labute approximate surface area is 128 Å². The second kappa shape index (κ2) is 6.53. The first-order valence-electron chi connectivity index (χ1n) is 7.29. The third-order valence-corrected chi connectivity index (χ3v) is 3.64. The van der Waals surface area contributed by atoms with Crippen molar-refractivity contribution in [3.8, 4) is 11.8 Å². The number of carbonyl (C=O) groups excluding carboxylic acids is 1. The molecule has 3 rings (SSSR count). The zero-order chi connectivity index (χ0) is 15.4. The van der Waals surface area contributed by atoms with Crippen molar-refractivity contribution in [1.82, 2.24) is 15.3 Å². The number of nitrogens with zero attached hydrogens (tertiary/aromatic N) is 2. The van der Waals surface area contributed by atoms with Crippen LogP contribution in [-0.4, -0.2) is 29.0 Å². The van der Waals surface area contributed by atoms with Gasteiger partial charge in [0.15, 0.2) is 0 Å². The second-order valence-corrected chi connectivity index (χ2v) is 5.29. The van der Waals surface area contributed by atoms with Crippen LogP contribution in [0.25, 0.3) is 0 Å². The molecule has 2 N–H and O–H groups in total. The lowest BCUT2D eigenvalue weighted by molar-refractivity contribution is -0.119. The third-order valence-electron chi connectivity index (χ3n) is 3.64. The molecule has 1 atom stereocenters. The molecule has 6 heteroatoms. The van der Waals surface area contributed by atoms with E-state index >= 15 is 0 Å². The maximum Gasteiger partial charge on any atom is 0.321 e. The van der Waals surface area contributed by atoms with Crippen LogP contribution in [-0.2, 0) is 4.79 Å². The van der Waals surface area contributed by atoms with Crippen molar-refractivity contribution in [3.63, 3.8) is 0 Å². The Morgan fingerprint density at radius 2 is 2.18 bits per heavy atom. The Kier molecular flexibility index (Phi) is 4.29. The molecule has 1 aliphatic heterocycles. The number of carbonyl (C=O) groups is 1. The fourth-order valence-corrected chi connectivity index (χ4v) is 2.40. The minimum atomic E-state index is 0.0491. The quantitative estimate of drug-likeness (QED) is 0.904. The molecule has 6 nitrogen and oxygen atoms in total. The lowest BCUT2D eigenvalue weighted by atomic mass is 10.1. The number of hydrogen-bond donors (Lipinski definition) is 2. The van der Waals surface area contributed by atoms with Gasteiger partial charge in [0.25, 0.3) is 0 Å². The van der Waals surface area contributed by atoms with Crippen LogP contribution in [0.4, 0.5) is 5.69 Å². The summed E-state index contributed by atoms with van der Waals surface area (Å²) in [4.78, 5) is 20.2. The maximum absolute atomic E-state index is 12.1. The first kappa shape index (κ1) is 14.5. The molecule has 0 saturated carbocycles. The van der Waals surface area contributed by atoms with E-state index in [-0.39, 0.29) is 11.8 Å². The number of aryl methyl sites for hydroxylation is 1. The standard InChI is InChI=1S/C16H18N4O2/c1-11-9-13(22-16-18-6-2-7-19-16)3-4-14(11)20-15(21)12-5-8-17-10-12/h2-4,6-7,9,12,17H,5,8,10H2,1H3,(H,20,21). The van der Waals surface area contributed by atoms with Gasteiger partial charge in [0.1, 0.15) is 5.75 Å². The third kappa shape index (κ3) is 3.40. The van der Waals surface area contributed by atoms with Gasteiger partial charge in [-0.1, -0.05) is 0 Å². The first-order chi connectivity index (χ1) is 10.7. The van der Waals surface area contributed by atoms with Gasteiger partial charge < -0.3 is 15.4 Å². The molecule has 22 heavy (non-hydrogen) atoms. The minimum absolute atomic E-state index is 0.0491. The molecule has 0 radical (unpaired) electrons. The normalized spacial score (nSPS) is 17.2. The van der Waals surface area contributed by atoms with E-state index in [4.69, 9.17) is 4.74 Å². The zero-order valence-corrected chi connectivity index (χ0v) is 12.4. The van der Waals surface area contributed by atoms with E-state index in [1.807, 2.05) is 19.1 Å². The summed E-state index contributed by atoms with van der Waals surface area (Å²) in [7, 11) is 0. The lowest BCUT2D eigenvalue weighted by Crippen LogP contribution is -2.24. The minimum Gasteiger partial charge on any atom is -0.424 e. The monoisotopic (exact) mass is 298 g/mol. The van der Waals surface area contributed by atoms with Gasteiger partial charge in [0, 0.05) is 24.6 Å². The first-order valence-corrected chi connectivity index (χ1v) is 7.29. The maximum atomic E-state index is 12.1. The molecular weight excluding hydrogens is 280 g/mol. The molecule has 1 aromatic heterocycles. The number of benzene rings is 1. The zero-order valence-electron chi connectivity index (χ0n) is 12.4. The van der Waals surface area contributed by atoms with Crippen LogP contribution in [0.15, 0.2) is 36.7 Å². The van der Waals surface area contributed by atoms with Crippen LogP contribution < -0.4 is 15.4 Å². The van der Waals surface area contributed by atoms with E-state index in [0.29, 0.717) is 11.8 Å². The Hall–Kier alpha value is -2.47. The number of rotatable bonds is 4. The molecule has 0 bridgehead atoms. The molecule has 1 amide bonds. The van der Waals surface area contributed by atoms with Gasteiger partial charge in [-0.15, -0.1) is 0 Å². The average Bonchev–Trinajstić information content (AvgIpc) is 3.05. The second-order valence-electron chi connectivity index (χ2n) is 5.29. The van der Waals surface area contributed by atoms with Gasteiger partial charge in [0.2, 0.25) is 5.91 Å². The number of amides is 1. The highest BCUT2D eigenvalue weighted by molar-refractivity contribution is 5.93. The van der Waals surface area contributed by atoms with Crippen molar-refractivity contribution < 1.29 is 9.53 Å². The number of nitrogens with one attached hydrogen (secondary N) is 2. The summed E-state index contributed by atoms with van der Waals surface area (Å²) in [6.45, 7) is 3.58. The van der Waals surface area contributed by atoms with Gasteiger partial charge in [-0.25, -0.2) is 9.97 Å². The van der Waals surface area contributed by atoms with Crippen LogP contribution in [0.5, 0.6) is 11.8 Å². The van der Waals surface area contributed by atoms with Gasteiger partial charge in [-0.3, -0.25) is 4.79 Å². The van der Waals surface area contributed by atoms with Crippen molar-refractivity contribution in [2.45, 2.75) is 13.3 Å². The van der Waals surface area contributed by atoms with Crippen LogP contribution in [0.3, 0.4) is 0 Å². The average molecular weight is 298 g/mol. The van der Waals surface area contributed by atoms with Crippen molar-refractivity contribution in [3.05, 3.63) is 42.2 Å². The molecule has 1 unspecified atom stereocenters. The molecule has 1 aromatic carbocycles. The number of aromatic nitrogens is 2. The van der Waals surface area contributed by atoms with E-state index in [1.165, 1.54) is 0 Å². The van der Waals surface area contributed by atoms with Crippen molar-refractivity contribution >= 4 is 11.6 Å². The van der Waals surface area contributed by atoms with E-state index in [9.17, 15) is 4.79 Å². The van der Waals surface area contributed by atoms with Crippen LogP contribution >= 0.6 is 0 Å². The molecule has 1 aliphatic rings. The van der Waals surface area contributed by atoms with Gasteiger partial charge in [-0.2, -0.15) is 0 Å². The summed E-state index contributed by atoms with van der Waals surface area (Å²) in [6.07, 6.45) is 4.14. The number of ether oxygens (including phenoxy) is 1. The Morgan fingerprint density at radius 1 is 1.36 bits per heavy atom. The Morgan fingerprint density at radius 3 is 2.86 bits per heavy atom. The predicted octanol–water partition coefficient (Wildman–Crippen LogP) is 2.13. The molecule has 1 fully saturated rings. The molecule has 1 saturated heterocycles. The highest BCUT2D eigenvalue weighted by Crippen LogP contribution is 2.25. The van der Waals surface area contributed by atoms with Crippen molar-refractivity contribution in [1.29, 1.82) is 0 Å². The fraction of sp³-hybridized carbons (Fsp3) is 0.312. The van der Waals surface area contributed by atoms with Gasteiger partial charge in [-0.05, 0) is 49.7 Å². The molecule has 0 aliphatic carbocycles. The van der Waals surface area contributed by atoms with Crippen molar-refractivity contribution in [2.75, 3.05) is 18.4 Å². The summed E-state index contributed by atoms with van der Waals surface area (Å²) in [5.74, 6) is 0.755. The highest BCUT2D eigenvalue weighted by Gasteiger charge is 2.22. The van der Waals surface area contributed by atoms with Gasteiger partial charge >= 0.3 is 6.01 Å². The smallest absolute Gasteiger partial charge is 0.321 e. The predicted molar refractivity (Wildman–Crippen MR) is 82.9 cm³/mol. The van der Waals surface area contributed by atoms with Gasteiger partial charge in [0.05, 0.1) is 5.92 Å². The molecule has 2 heterocycles. The molecule has 2 aromatic rings. The molecular formula is C16H18N4O2. The van der Waals surface area contributed by atoms with E-state index in [2.05, 4.69) is 20.6 Å². The summed E-state index contributed by atoms with van der Waals surface area (Å²) in [5.41, 5.74) is 1.74. The molecule has 0 spiro atoms. The highest BCUT2D eigenvalue weighted by atomic mass is 16.5. The fourth-order valence-electron chi connectivity index (χ4n) is 2.40. The summed E-state index contributed by atoms with van der Waals surface area (Å²) in [6, 6.07) is 7.53. The Balaban J connectivity index is 1.68. The van der Waals surface area contributed by atoms with Crippen LogP contribution in [0.1, 0.15) is 12.0 Å². The van der Waals surface area contributed by atoms with E-state index in [1.54, 1.807) is 24.5 Å². The van der Waals surface area contributed by atoms with E-state index in [0.717, 1.165) is 30.8 Å². The SMILES string of the molecule is Cc1cc(Oc2ncccn2)ccc1NC(=O)C1CCNC1. The lowest BCUT2D eigenvalue weighted by Gasteiger charge is -2.13. The summed E-state index contributed by atoms with van der Waals surface area (Å²) in [5, 5.41) is 6.17. The van der Waals surface area contributed by atoms with Crippen LogP contribution in [0, 0.1) is 12.8 Å². The summed E-state index contributed by atoms with van der Waals surface area (Å²) < 4.78 is 5.57. The number of hydrogen-bond acceptors (Lipinski definition) is 5. The number of anilines is 1. The molecule has 114 valence electrons. The van der Waals surface area contributed by atoms with E-state index < -0.39 is 0 Å².